The van der Waals surface area contributed by atoms with E-state index >= 15 is 0 Å². The SMILES string of the molecule is CCn1cncc1CNC(C)c1ccc(SC)cc1. The molecule has 0 aliphatic rings. The summed E-state index contributed by atoms with van der Waals surface area (Å²) in [6.45, 7) is 6.14. The van der Waals surface area contributed by atoms with Gasteiger partial charge in [0.05, 0.1) is 12.0 Å². The van der Waals surface area contributed by atoms with Gasteiger partial charge in [0.15, 0.2) is 0 Å². The molecule has 1 N–H and O–H groups in total. The Labute approximate surface area is 119 Å². The molecule has 19 heavy (non-hydrogen) atoms. The lowest BCUT2D eigenvalue weighted by Crippen LogP contribution is -2.19. The zero-order valence-corrected chi connectivity index (χ0v) is 12.6. The minimum Gasteiger partial charge on any atom is -0.334 e. The fourth-order valence-corrected chi connectivity index (χ4v) is 2.46. The predicted molar refractivity (Wildman–Crippen MR) is 81.4 cm³/mol. The zero-order valence-electron chi connectivity index (χ0n) is 11.8. The molecule has 0 amide bonds. The largest absolute Gasteiger partial charge is 0.334 e. The van der Waals surface area contributed by atoms with Crippen molar-refractivity contribution in [3.8, 4) is 0 Å². The molecular formula is C15H21N3S. The molecule has 102 valence electrons. The number of hydrogen-bond donors (Lipinski definition) is 1. The van der Waals surface area contributed by atoms with Crippen LogP contribution in [0.25, 0.3) is 0 Å². The molecule has 1 aromatic heterocycles. The highest BCUT2D eigenvalue weighted by Crippen LogP contribution is 2.19. The zero-order chi connectivity index (χ0) is 13.7. The van der Waals surface area contributed by atoms with E-state index in [1.807, 2.05) is 12.5 Å². The first-order chi connectivity index (χ1) is 9.24. The number of thioether (sulfide) groups is 1. The van der Waals surface area contributed by atoms with E-state index in [0.29, 0.717) is 6.04 Å². The summed E-state index contributed by atoms with van der Waals surface area (Å²) >= 11 is 1.77. The van der Waals surface area contributed by atoms with Gasteiger partial charge in [-0.25, -0.2) is 4.98 Å². The minimum atomic E-state index is 0.344. The minimum absolute atomic E-state index is 0.344. The van der Waals surface area contributed by atoms with Crippen LogP contribution in [-0.2, 0) is 13.1 Å². The van der Waals surface area contributed by atoms with Gasteiger partial charge in [-0.3, -0.25) is 0 Å². The van der Waals surface area contributed by atoms with Crippen molar-refractivity contribution in [3.05, 3.63) is 48.0 Å². The van der Waals surface area contributed by atoms with Crippen LogP contribution in [0.2, 0.25) is 0 Å². The van der Waals surface area contributed by atoms with E-state index in [1.54, 1.807) is 11.8 Å². The van der Waals surface area contributed by atoms with E-state index in [0.717, 1.165) is 13.1 Å². The summed E-state index contributed by atoms with van der Waals surface area (Å²) in [7, 11) is 0. The molecule has 0 fully saturated rings. The maximum atomic E-state index is 4.19. The van der Waals surface area contributed by atoms with Crippen LogP contribution in [0, 0.1) is 0 Å². The van der Waals surface area contributed by atoms with Crippen molar-refractivity contribution in [2.75, 3.05) is 6.26 Å². The summed E-state index contributed by atoms with van der Waals surface area (Å²) in [5, 5.41) is 3.55. The smallest absolute Gasteiger partial charge is 0.0948 e. The van der Waals surface area contributed by atoms with Gasteiger partial charge in [0.1, 0.15) is 0 Å². The van der Waals surface area contributed by atoms with Gasteiger partial charge in [-0.05, 0) is 37.8 Å². The van der Waals surface area contributed by atoms with Gasteiger partial charge in [0.25, 0.3) is 0 Å². The second-order valence-electron chi connectivity index (χ2n) is 4.55. The third-order valence-corrected chi connectivity index (χ3v) is 4.09. The molecular weight excluding hydrogens is 254 g/mol. The van der Waals surface area contributed by atoms with Crippen molar-refractivity contribution in [1.82, 2.24) is 14.9 Å². The third-order valence-electron chi connectivity index (χ3n) is 3.34. The van der Waals surface area contributed by atoms with Crippen LogP contribution in [0.5, 0.6) is 0 Å². The quantitative estimate of drug-likeness (QED) is 0.819. The van der Waals surface area contributed by atoms with Crippen molar-refractivity contribution in [3.63, 3.8) is 0 Å². The van der Waals surface area contributed by atoms with Crippen LogP contribution < -0.4 is 5.32 Å². The number of hydrogen-bond acceptors (Lipinski definition) is 3. The monoisotopic (exact) mass is 275 g/mol. The van der Waals surface area contributed by atoms with E-state index < -0.39 is 0 Å². The second-order valence-corrected chi connectivity index (χ2v) is 5.43. The number of nitrogens with one attached hydrogen (secondary N) is 1. The average molecular weight is 275 g/mol. The predicted octanol–water partition coefficient (Wildman–Crippen LogP) is 3.48. The summed E-state index contributed by atoms with van der Waals surface area (Å²) in [6.07, 6.45) is 5.91. The number of rotatable bonds is 6. The highest BCUT2D eigenvalue weighted by Gasteiger charge is 2.06. The Kier molecular flexibility index (Phi) is 5.05. The lowest BCUT2D eigenvalue weighted by molar-refractivity contribution is 0.549. The Hall–Kier alpha value is -1.26. The molecule has 0 aliphatic heterocycles. The molecule has 0 saturated heterocycles. The second kappa shape index (κ2) is 6.78. The van der Waals surface area contributed by atoms with Crippen molar-refractivity contribution in [1.29, 1.82) is 0 Å². The van der Waals surface area contributed by atoms with Gasteiger partial charge in [-0.15, -0.1) is 11.8 Å². The number of imidazole rings is 1. The van der Waals surface area contributed by atoms with E-state index in [-0.39, 0.29) is 0 Å². The van der Waals surface area contributed by atoms with Gasteiger partial charge < -0.3 is 9.88 Å². The molecule has 1 aromatic carbocycles. The number of nitrogens with zero attached hydrogens (tertiary/aromatic N) is 2. The molecule has 0 bridgehead atoms. The molecule has 0 aliphatic carbocycles. The molecule has 4 heteroatoms. The molecule has 0 saturated carbocycles. The molecule has 1 unspecified atom stereocenters. The fourth-order valence-electron chi connectivity index (χ4n) is 2.05. The van der Waals surface area contributed by atoms with Crippen LogP contribution in [0.4, 0.5) is 0 Å². The van der Waals surface area contributed by atoms with Gasteiger partial charge in [-0.2, -0.15) is 0 Å². The summed E-state index contributed by atoms with van der Waals surface area (Å²) in [6, 6.07) is 9.08. The molecule has 2 aromatic rings. The lowest BCUT2D eigenvalue weighted by Gasteiger charge is -2.15. The highest BCUT2D eigenvalue weighted by molar-refractivity contribution is 7.98. The van der Waals surface area contributed by atoms with E-state index in [2.05, 4.69) is 59.2 Å². The van der Waals surface area contributed by atoms with Crippen LogP contribution in [0.3, 0.4) is 0 Å². The molecule has 2 rings (SSSR count). The molecule has 0 radical (unpaired) electrons. The van der Waals surface area contributed by atoms with Crippen LogP contribution in [0.1, 0.15) is 31.1 Å². The Morgan fingerprint density at radius 1 is 1.32 bits per heavy atom. The van der Waals surface area contributed by atoms with Crippen LogP contribution in [0.15, 0.2) is 41.7 Å². The first-order valence-corrected chi connectivity index (χ1v) is 7.83. The van der Waals surface area contributed by atoms with Crippen LogP contribution in [-0.4, -0.2) is 15.8 Å². The maximum Gasteiger partial charge on any atom is 0.0948 e. The van der Waals surface area contributed by atoms with E-state index in [1.165, 1.54) is 16.2 Å². The Morgan fingerprint density at radius 3 is 2.68 bits per heavy atom. The number of benzene rings is 1. The Bertz CT molecular complexity index is 504. The number of aryl methyl sites for hydroxylation is 1. The highest BCUT2D eigenvalue weighted by atomic mass is 32.2. The lowest BCUT2D eigenvalue weighted by atomic mass is 10.1. The molecule has 3 nitrogen and oxygen atoms in total. The Morgan fingerprint density at radius 2 is 2.05 bits per heavy atom. The van der Waals surface area contributed by atoms with Crippen molar-refractivity contribution < 1.29 is 0 Å². The first-order valence-electron chi connectivity index (χ1n) is 6.61. The topological polar surface area (TPSA) is 29.9 Å². The fraction of sp³-hybridized carbons (Fsp3) is 0.400. The van der Waals surface area contributed by atoms with Gasteiger partial charge in [0.2, 0.25) is 0 Å². The summed E-state index contributed by atoms with van der Waals surface area (Å²) in [5.74, 6) is 0. The summed E-state index contributed by atoms with van der Waals surface area (Å²) in [4.78, 5) is 5.49. The van der Waals surface area contributed by atoms with Crippen molar-refractivity contribution in [2.24, 2.45) is 0 Å². The van der Waals surface area contributed by atoms with E-state index in [4.69, 9.17) is 0 Å². The third kappa shape index (κ3) is 3.61. The molecule has 1 atom stereocenters. The van der Waals surface area contributed by atoms with Gasteiger partial charge in [-0.1, -0.05) is 12.1 Å². The first kappa shape index (κ1) is 14.2. The maximum absolute atomic E-state index is 4.19. The van der Waals surface area contributed by atoms with Crippen LogP contribution >= 0.6 is 11.8 Å². The van der Waals surface area contributed by atoms with Gasteiger partial charge >= 0.3 is 0 Å². The standard InChI is InChI=1S/C15H21N3S/c1-4-18-11-16-9-14(18)10-17-12(2)13-5-7-15(19-3)8-6-13/h5-9,11-12,17H,4,10H2,1-3H3. The van der Waals surface area contributed by atoms with Crippen molar-refractivity contribution >= 4 is 11.8 Å². The summed E-state index contributed by atoms with van der Waals surface area (Å²) in [5.41, 5.74) is 2.55. The average Bonchev–Trinajstić information content (AvgIpc) is 2.92. The summed E-state index contributed by atoms with van der Waals surface area (Å²) < 4.78 is 2.16. The normalized spacial score (nSPS) is 12.6. The molecule has 0 spiro atoms. The van der Waals surface area contributed by atoms with Crippen molar-refractivity contribution in [2.45, 2.75) is 37.9 Å². The Balaban J connectivity index is 1.95. The number of aromatic nitrogens is 2. The van der Waals surface area contributed by atoms with E-state index in [9.17, 15) is 0 Å². The molecule has 1 heterocycles. The van der Waals surface area contributed by atoms with Gasteiger partial charge in [0, 0.05) is 30.2 Å².